The van der Waals surface area contributed by atoms with Gasteiger partial charge in [0.05, 0.1) is 6.04 Å². The van der Waals surface area contributed by atoms with E-state index in [9.17, 15) is 4.79 Å². The fraction of sp³-hybridized carbons (Fsp3) is 0.235. The minimum Gasteiger partial charge on any atom is -0.399 e. The normalized spacial score (nSPS) is 11.9. The second-order valence-electron chi connectivity index (χ2n) is 4.98. The van der Waals surface area contributed by atoms with E-state index in [1.807, 2.05) is 49.4 Å². The van der Waals surface area contributed by atoms with Gasteiger partial charge in [0.25, 0.3) is 5.91 Å². The standard InChI is InChI=1S/C17H20N2O/c1-3-16(13-7-5-4-6-8-13)19-17(20)14-9-12(2)10-15(18)11-14/h4-11,16H,3,18H2,1-2H3,(H,19,20). The summed E-state index contributed by atoms with van der Waals surface area (Å²) in [4.78, 5) is 12.3. The van der Waals surface area contributed by atoms with E-state index in [0.29, 0.717) is 11.3 Å². The highest BCUT2D eigenvalue weighted by atomic mass is 16.1. The van der Waals surface area contributed by atoms with Crippen LogP contribution in [-0.2, 0) is 0 Å². The van der Waals surface area contributed by atoms with Crippen molar-refractivity contribution in [3.8, 4) is 0 Å². The second-order valence-corrected chi connectivity index (χ2v) is 4.98. The van der Waals surface area contributed by atoms with Gasteiger partial charge in [-0.1, -0.05) is 37.3 Å². The lowest BCUT2D eigenvalue weighted by Gasteiger charge is -2.17. The van der Waals surface area contributed by atoms with Crippen LogP contribution in [0.1, 0.15) is 40.9 Å². The van der Waals surface area contributed by atoms with Gasteiger partial charge < -0.3 is 11.1 Å². The summed E-state index contributed by atoms with van der Waals surface area (Å²) < 4.78 is 0. The molecule has 2 aromatic rings. The molecule has 0 bridgehead atoms. The number of carbonyl (C=O) groups is 1. The molecule has 0 radical (unpaired) electrons. The van der Waals surface area contributed by atoms with Gasteiger partial charge in [0.2, 0.25) is 0 Å². The average molecular weight is 268 g/mol. The van der Waals surface area contributed by atoms with Gasteiger partial charge in [-0.2, -0.15) is 0 Å². The van der Waals surface area contributed by atoms with Crippen molar-refractivity contribution in [3.05, 3.63) is 65.2 Å². The summed E-state index contributed by atoms with van der Waals surface area (Å²) in [7, 11) is 0. The number of benzene rings is 2. The van der Waals surface area contributed by atoms with Crippen LogP contribution < -0.4 is 11.1 Å². The number of carbonyl (C=O) groups excluding carboxylic acids is 1. The Kier molecular flexibility index (Phi) is 4.41. The van der Waals surface area contributed by atoms with Crippen LogP contribution in [0.25, 0.3) is 0 Å². The molecule has 0 saturated heterocycles. The molecular weight excluding hydrogens is 248 g/mol. The van der Waals surface area contributed by atoms with Gasteiger partial charge in [-0.05, 0) is 42.7 Å². The number of anilines is 1. The third-order valence-corrected chi connectivity index (χ3v) is 3.28. The molecule has 0 spiro atoms. The Hall–Kier alpha value is -2.29. The van der Waals surface area contributed by atoms with Crippen LogP contribution in [0.15, 0.2) is 48.5 Å². The van der Waals surface area contributed by atoms with Crippen molar-refractivity contribution in [3.63, 3.8) is 0 Å². The Morgan fingerprint density at radius 2 is 1.90 bits per heavy atom. The minimum absolute atomic E-state index is 0.0189. The Morgan fingerprint density at radius 1 is 1.20 bits per heavy atom. The molecule has 1 atom stereocenters. The molecule has 0 fully saturated rings. The monoisotopic (exact) mass is 268 g/mol. The zero-order valence-electron chi connectivity index (χ0n) is 11.9. The quantitative estimate of drug-likeness (QED) is 0.834. The van der Waals surface area contributed by atoms with Crippen molar-refractivity contribution < 1.29 is 4.79 Å². The van der Waals surface area contributed by atoms with Crippen molar-refractivity contribution in [1.82, 2.24) is 5.32 Å². The molecule has 0 aliphatic heterocycles. The third kappa shape index (κ3) is 3.38. The predicted octanol–water partition coefficient (Wildman–Crippen LogP) is 3.46. The Morgan fingerprint density at radius 3 is 2.50 bits per heavy atom. The number of nitrogens with one attached hydrogen (secondary N) is 1. The van der Waals surface area contributed by atoms with E-state index in [4.69, 9.17) is 5.73 Å². The van der Waals surface area contributed by atoms with E-state index in [0.717, 1.165) is 17.5 Å². The number of rotatable bonds is 4. The van der Waals surface area contributed by atoms with Gasteiger partial charge >= 0.3 is 0 Å². The lowest BCUT2D eigenvalue weighted by Crippen LogP contribution is -2.28. The van der Waals surface area contributed by atoms with Gasteiger partial charge in [-0.3, -0.25) is 4.79 Å². The second kappa shape index (κ2) is 6.24. The molecule has 2 rings (SSSR count). The van der Waals surface area contributed by atoms with Gasteiger partial charge in [0, 0.05) is 11.3 Å². The first-order chi connectivity index (χ1) is 9.60. The fourth-order valence-corrected chi connectivity index (χ4v) is 2.29. The van der Waals surface area contributed by atoms with Crippen LogP contribution in [0.5, 0.6) is 0 Å². The maximum Gasteiger partial charge on any atom is 0.251 e. The molecule has 1 unspecified atom stereocenters. The van der Waals surface area contributed by atoms with Crippen LogP contribution in [0.2, 0.25) is 0 Å². The fourth-order valence-electron chi connectivity index (χ4n) is 2.29. The molecule has 0 heterocycles. The first-order valence-corrected chi connectivity index (χ1v) is 6.83. The summed E-state index contributed by atoms with van der Waals surface area (Å²) in [6.45, 7) is 3.99. The number of nitrogens with two attached hydrogens (primary N) is 1. The Balaban J connectivity index is 2.17. The van der Waals surface area contributed by atoms with Crippen LogP contribution in [0, 0.1) is 6.92 Å². The Bertz CT molecular complexity index is 573. The lowest BCUT2D eigenvalue weighted by molar-refractivity contribution is 0.0935. The average Bonchev–Trinajstić information content (AvgIpc) is 2.44. The largest absolute Gasteiger partial charge is 0.399 e. The maximum absolute atomic E-state index is 12.3. The number of hydrogen-bond donors (Lipinski definition) is 2. The molecular formula is C17H20N2O. The molecule has 0 aliphatic rings. The van der Waals surface area contributed by atoms with Crippen molar-refractivity contribution in [2.45, 2.75) is 26.3 Å². The van der Waals surface area contributed by atoms with Crippen LogP contribution in [0.3, 0.4) is 0 Å². The molecule has 0 aromatic heterocycles. The summed E-state index contributed by atoms with van der Waals surface area (Å²) in [6.07, 6.45) is 0.844. The van der Waals surface area contributed by atoms with Crippen molar-refractivity contribution >= 4 is 11.6 Å². The first-order valence-electron chi connectivity index (χ1n) is 6.83. The number of nitrogen functional groups attached to an aromatic ring is 1. The molecule has 0 aliphatic carbocycles. The highest BCUT2D eigenvalue weighted by Gasteiger charge is 2.14. The van der Waals surface area contributed by atoms with E-state index in [2.05, 4.69) is 12.2 Å². The van der Waals surface area contributed by atoms with E-state index < -0.39 is 0 Å². The van der Waals surface area contributed by atoms with E-state index in [-0.39, 0.29) is 11.9 Å². The van der Waals surface area contributed by atoms with Crippen molar-refractivity contribution in [1.29, 1.82) is 0 Å². The van der Waals surface area contributed by atoms with Crippen LogP contribution in [0.4, 0.5) is 5.69 Å². The molecule has 0 saturated carbocycles. The number of hydrogen-bond acceptors (Lipinski definition) is 2. The van der Waals surface area contributed by atoms with Crippen LogP contribution >= 0.6 is 0 Å². The smallest absolute Gasteiger partial charge is 0.251 e. The molecule has 104 valence electrons. The summed E-state index contributed by atoms with van der Waals surface area (Å²) in [5, 5.41) is 3.06. The number of amides is 1. The van der Waals surface area contributed by atoms with Crippen molar-refractivity contribution in [2.24, 2.45) is 0 Å². The minimum atomic E-state index is -0.0869. The summed E-state index contributed by atoms with van der Waals surface area (Å²) in [6, 6.07) is 15.4. The van der Waals surface area contributed by atoms with E-state index in [1.54, 1.807) is 6.07 Å². The summed E-state index contributed by atoms with van der Waals surface area (Å²) in [5.74, 6) is -0.0869. The van der Waals surface area contributed by atoms with Gasteiger partial charge in [-0.15, -0.1) is 0 Å². The molecule has 3 nitrogen and oxygen atoms in total. The zero-order chi connectivity index (χ0) is 14.5. The maximum atomic E-state index is 12.3. The van der Waals surface area contributed by atoms with Crippen molar-refractivity contribution in [2.75, 3.05) is 5.73 Å². The lowest BCUT2D eigenvalue weighted by atomic mass is 10.0. The molecule has 3 heteroatoms. The van der Waals surface area contributed by atoms with E-state index in [1.165, 1.54) is 0 Å². The summed E-state index contributed by atoms with van der Waals surface area (Å²) >= 11 is 0. The molecule has 20 heavy (non-hydrogen) atoms. The van der Waals surface area contributed by atoms with Gasteiger partial charge in [-0.25, -0.2) is 0 Å². The summed E-state index contributed by atoms with van der Waals surface area (Å²) in [5.41, 5.74) is 9.12. The number of aryl methyl sites for hydroxylation is 1. The molecule has 1 amide bonds. The molecule has 3 N–H and O–H groups in total. The molecule has 2 aromatic carbocycles. The van der Waals surface area contributed by atoms with Crippen LogP contribution in [-0.4, -0.2) is 5.91 Å². The Labute approximate surface area is 119 Å². The van der Waals surface area contributed by atoms with Gasteiger partial charge in [0.15, 0.2) is 0 Å². The van der Waals surface area contributed by atoms with E-state index >= 15 is 0 Å². The van der Waals surface area contributed by atoms with Gasteiger partial charge in [0.1, 0.15) is 0 Å². The third-order valence-electron chi connectivity index (χ3n) is 3.28. The highest BCUT2D eigenvalue weighted by molar-refractivity contribution is 5.95. The zero-order valence-corrected chi connectivity index (χ0v) is 11.9. The SMILES string of the molecule is CCC(NC(=O)c1cc(C)cc(N)c1)c1ccccc1. The highest BCUT2D eigenvalue weighted by Crippen LogP contribution is 2.18. The predicted molar refractivity (Wildman–Crippen MR) is 82.5 cm³/mol. The topological polar surface area (TPSA) is 55.1 Å². The first kappa shape index (κ1) is 14.1.